The maximum absolute atomic E-state index is 14.0. The molecule has 0 radical (unpaired) electrons. The van der Waals surface area contributed by atoms with Gasteiger partial charge in [0, 0.05) is 49.9 Å². The summed E-state index contributed by atoms with van der Waals surface area (Å²) >= 11 is 0. The molecule has 2 aromatic carbocycles. The van der Waals surface area contributed by atoms with Crippen molar-refractivity contribution < 1.29 is 18.0 Å². The van der Waals surface area contributed by atoms with E-state index >= 15 is 0 Å². The van der Waals surface area contributed by atoms with Crippen molar-refractivity contribution in [1.29, 1.82) is 0 Å². The molecular formula is C31H33F3N6O. The van der Waals surface area contributed by atoms with Crippen molar-refractivity contribution in [3.05, 3.63) is 82.5 Å². The van der Waals surface area contributed by atoms with Gasteiger partial charge in [-0.2, -0.15) is 13.2 Å². The van der Waals surface area contributed by atoms with Gasteiger partial charge < -0.3 is 15.1 Å². The molecule has 10 heteroatoms. The van der Waals surface area contributed by atoms with Gasteiger partial charge in [0.25, 0.3) is 5.91 Å². The van der Waals surface area contributed by atoms with Crippen LogP contribution in [0, 0.1) is 18.9 Å². The topological polar surface area (TPSA) is 64.1 Å². The number of amides is 1. The van der Waals surface area contributed by atoms with Crippen LogP contribution in [-0.2, 0) is 12.7 Å². The molecule has 1 N–H and O–H groups in total. The fraction of sp³-hybridized carbons (Fsp3) is 0.323. The molecule has 41 heavy (non-hydrogen) atoms. The highest BCUT2D eigenvalue weighted by atomic mass is 19.4. The Bertz CT molecular complexity index is 1490. The molecule has 1 atom stereocenters. The molecule has 1 aliphatic rings. The van der Waals surface area contributed by atoms with Gasteiger partial charge in [-0.3, -0.25) is 14.7 Å². The van der Waals surface area contributed by atoms with E-state index in [9.17, 15) is 18.0 Å². The second-order valence-electron chi connectivity index (χ2n) is 10.3. The summed E-state index contributed by atoms with van der Waals surface area (Å²) in [6.07, 6.45) is -3.76. The summed E-state index contributed by atoms with van der Waals surface area (Å²) in [5.41, 5.74) is 2.26. The lowest BCUT2D eigenvalue weighted by Gasteiger charge is -2.22. The molecule has 1 aromatic heterocycles. The lowest BCUT2D eigenvalue weighted by molar-refractivity contribution is -0.142. The van der Waals surface area contributed by atoms with Crippen LogP contribution in [0.2, 0.25) is 0 Å². The molecule has 2 heterocycles. The first-order valence-electron chi connectivity index (χ1n) is 13.1. The summed E-state index contributed by atoms with van der Waals surface area (Å²) in [7, 11) is 5.73. The van der Waals surface area contributed by atoms with E-state index in [1.165, 1.54) is 12.1 Å². The number of likely N-dealkylation sites (tertiary alicyclic amines) is 1. The maximum atomic E-state index is 14.0. The average molecular weight is 563 g/mol. The number of carbonyl (C=O) groups is 1. The summed E-state index contributed by atoms with van der Waals surface area (Å²) < 4.78 is 41.9. The van der Waals surface area contributed by atoms with Crippen LogP contribution in [0.5, 0.6) is 0 Å². The van der Waals surface area contributed by atoms with Crippen molar-refractivity contribution in [3.63, 3.8) is 0 Å². The zero-order chi connectivity index (χ0) is 29.7. The van der Waals surface area contributed by atoms with Crippen molar-refractivity contribution in [3.8, 4) is 12.0 Å². The van der Waals surface area contributed by atoms with Gasteiger partial charge in [-0.25, -0.2) is 4.98 Å². The molecule has 0 bridgehead atoms. The predicted molar refractivity (Wildman–Crippen MR) is 157 cm³/mol. The standard InChI is InChI=1S/C31H33F3N6O/c1-21-10-11-23(18-22(21)14-16-39(5)27-9-7-6-8-26(27)35-2)30(41)37-28-13-12-24(29(36-28)31(32,33)34)19-40-17-15-25(20-40)38(3)4/h6-13,18,25H,2,15,17,19-20H2,1,3-5H3,(H,36,37,41). The molecule has 3 aromatic rings. The number of alkyl halides is 3. The van der Waals surface area contributed by atoms with E-state index in [2.05, 4.69) is 38.9 Å². The number of aromatic nitrogens is 1. The molecule has 1 saturated heterocycles. The van der Waals surface area contributed by atoms with Gasteiger partial charge in [0.05, 0.1) is 11.4 Å². The van der Waals surface area contributed by atoms with Crippen molar-refractivity contribution in [2.24, 2.45) is 4.99 Å². The number of carbonyl (C=O) groups excluding carboxylic acids is 1. The normalized spacial score (nSPS) is 15.4. The monoisotopic (exact) mass is 562 g/mol. The first-order chi connectivity index (χ1) is 19.5. The summed E-state index contributed by atoms with van der Waals surface area (Å²) in [5.74, 6) is 2.32. The van der Waals surface area contributed by atoms with Gasteiger partial charge in [0.1, 0.15) is 5.82 Å². The number of benzene rings is 2. The zero-order valence-electron chi connectivity index (χ0n) is 23.6. The third-order valence-corrected chi connectivity index (χ3v) is 7.13. The number of nitrogens with zero attached hydrogens (tertiary/aromatic N) is 5. The smallest absolute Gasteiger partial charge is 0.307 e. The molecule has 7 nitrogen and oxygen atoms in total. The Balaban J connectivity index is 1.52. The van der Waals surface area contributed by atoms with Gasteiger partial charge in [-0.05, 0) is 81.5 Å². The molecule has 214 valence electrons. The summed E-state index contributed by atoms with van der Waals surface area (Å²) in [6.45, 7) is 6.99. The van der Waals surface area contributed by atoms with E-state index < -0.39 is 17.8 Å². The second kappa shape index (κ2) is 12.5. The largest absolute Gasteiger partial charge is 0.433 e. The Labute approximate surface area is 238 Å². The molecule has 0 spiro atoms. The summed E-state index contributed by atoms with van der Waals surface area (Å²) in [4.78, 5) is 26.6. The predicted octanol–water partition coefficient (Wildman–Crippen LogP) is 5.57. The Kier molecular flexibility index (Phi) is 9.11. The molecule has 1 fully saturated rings. The van der Waals surface area contributed by atoms with E-state index in [0.29, 0.717) is 30.4 Å². The summed E-state index contributed by atoms with van der Waals surface area (Å²) in [5, 5.41) is 2.52. The van der Waals surface area contributed by atoms with Gasteiger partial charge in [0.2, 0.25) is 0 Å². The number of hydrogen-bond donors (Lipinski definition) is 1. The number of likely N-dealkylation sites (N-methyl/N-ethyl adjacent to an activating group) is 1. The number of rotatable bonds is 7. The fourth-order valence-electron chi connectivity index (χ4n) is 4.72. The van der Waals surface area contributed by atoms with Crippen molar-refractivity contribution >= 4 is 29.8 Å². The average Bonchev–Trinajstić information content (AvgIpc) is 3.41. The number of anilines is 2. The highest BCUT2D eigenvalue weighted by Gasteiger charge is 2.37. The van der Waals surface area contributed by atoms with E-state index in [0.717, 1.165) is 17.7 Å². The molecule has 4 rings (SSSR count). The van der Waals surface area contributed by atoms with Crippen LogP contribution >= 0.6 is 0 Å². The number of halogens is 3. The van der Waals surface area contributed by atoms with Crippen LogP contribution in [0.1, 0.15) is 39.2 Å². The minimum atomic E-state index is -4.66. The van der Waals surface area contributed by atoms with Crippen molar-refractivity contribution in [1.82, 2.24) is 14.8 Å². The van der Waals surface area contributed by atoms with E-state index in [1.807, 2.05) is 50.2 Å². The second-order valence-corrected chi connectivity index (χ2v) is 10.3. The molecular weight excluding hydrogens is 529 g/mol. The van der Waals surface area contributed by atoms with Gasteiger partial charge in [-0.1, -0.05) is 24.3 Å². The molecule has 1 unspecified atom stereocenters. The van der Waals surface area contributed by atoms with Crippen LogP contribution in [0.25, 0.3) is 0 Å². The lowest BCUT2D eigenvalue weighted by atomic mass is 10.0. The molecule has 0 saturated carbocycles. The molecule has 1 aliphatic heterocycles. The minimum absolute atomic E-state index is 0.0835. The Morgan fingerprint density at radius 2 is 1.93 bits per heavy atom. The zero-order valence-corrected chi connectivity index (χ0v) is 23.6. The quantitative estimate of drug-likeness (QED) is 0.232. The van der Waals surface area contributed by atoms with E-state index in [1.54, 1.807) is 30.1 Å². The van der Waals surface area contributed by atoms with Crippen LogP contribution in [0.3, 0.4) is 0 Å². The van der Waals surface area contributed by atoms with Gasteiger partial charge >= 0.3 is 6.18 Å². The number of pyridine rings is 1. The van der Waals surface area contributed by atoms with Crippen LogP contribution < -0.4 is 10.2 Å². The minimum Gasteiger partial charge on any atom is -0.307 e. The third-order valence-electron chi connectivity index (χ3n) is 7.13. The van der Waals surface area contributed by atoms with Crippen molar-refractivity contribution in [2.45, 2.75) is 32.1 Å². The number of aryl methyl sites for hydroxylation is 1. The third kappa shape index (κ3) is 7.31. The summed E-state index contributed by atoms with van der Waals surface area (Å²) in [6, 6.07) is 18.5. The van der Waals surface area contributed by atoms with Crippen LogP contribution in [-0.4, -0.2) is 67.7 Å². The Morgan fingerprint density at radius 3 is 2.61 bits per heavy atom. The number of nitrogens with one attached hydrogen (secondary N) is 1. The first-order valence-corrected chi connectivity index (χ1v) is 13.1. The maximum Gasteiger partial charge on any atom is 0.433 e. The Hall–Kier alpha value is -4.20. The van der Waals surface area contributed by atoms with Crippen LogP contribution in [0.4, 0.5) is 30.4 Å². The van der Waals surface area contributed by atoms with Crippen LogP contribution in [0.15, 0.2) is 59.6 Å². The fourth-order valence-corrected chi connectivity index (χ4v) is 4.72. The number of para-hydroxylation sites is 2. The SMILES string of the molecule is C=Nc1ccccc1N(C)C#Cc1cc(C(=O)Nc2ccc(CN3CCC(N(C)C)C3)c(C(F)(F)F)n2)ccc1C. The van der Waals surface area contributed by atoms with E-state index in [4.69, 9.17) is 0 Å². The highest BCUT2D eigenvalue weighted by molar-refractivity contribution is 6.04. The molecule has 1 amide bonds. The Morgan fingerprint density at radius 1 is 1.17 bits per heavy atom. The number of aliphatic imine (C=N–C) groups is 1. The number of hydrogen-bond acceptors (Lipinski definition) is 6. The lowest BCUT2D eigenvalue weighted by Crippen LogP contribution is -2.31. The molecule has 0 aliphatic carbocycles. The first kappa shape index (κ1) is 29.8. The highest BCUT2D eigenvalue weighted by Crippen LogP contribution is 2.33. The van der Waals surface area contributed by atoms with Gasteiger partial charge in [-0.15, -0.1) is 0 Å². The van der Waals surface area contributed by atoms with E-state index in [-0.39, 0.29) is 23.5 Å². The van der Waals surface area contributed by atoms with Gasteiger partial charge in [0.15, 0.2) is 5.69 Å². The van der Waals surface area contributed by atoms with Crippen molar-refractivity contribution in [2.75, 3.05) is 44.4 Å².